The minimum atomic E-state index is -4.87. The third-order valence-electron chi connectivity index (χ3n) is 4.17. The monoisotopic (exact) mass is 387 g/mol. The van der Waals surface area contributed by atoms with Crippen LogP contribution in [0, 0.1) is 5.21 Å². The summed E-state index contributed by atoms with van der Waals surface area (Å²) in [7, 11) is 2.46. The molecule has 1 aliphatic heterocycles. The van der Waals surface area contributed by atoms with Gasteiger partial charge < -0.3 is 14.7 Å². The van der Waals surface area contributed by atoms with Crippen LogP contribution in [-0.2, 0) is 11.2 Å². The van der Waals surface area contributed by atoms with Gasteiger partial charge in [0.25, 0.3) is 0 Å². The van der Waals surface area contributed by atoms with E-state index in [2.05, 4.69) is 4.74 Å². The van der Waals surface area contributed by atoms with Gasteiger partial charge in [-0.3, -0.25) is 4.65 Å². The van der Waals surface area contributed by atoms with Crippen molar-refractivity contribution >= 4 is 28.9 Å². The summed E-state index contributed by atoms with van der Waals surface area (Å²) in [4.78, 5) is 12.0. The van der Waals surface area contributed by atoms with Crippen LogP contribution in [0.15, 0.2) is 30.3 Å². The van der Waals surface area contributed by atoms with E-state index in [-0.39, 0.29) is 28.4 Å². The molecule has 9 heteroatoms. The highest BCUT2D eigenvalue weighted by Gasteiger charge is 2.36. The van der Waals surface area contributed by atoms with Crippen LogP contribution in [-0.4, -0.2) is 26.5 Å². The highest BCUT2D eigenvalue weighted by atomic mass is 35.5. The van der Waals surface area contributed by atoms with Crippen LogP contribution in [0.1, 0.15) is 21.5 Å². The number of benzene rings is 2. The van der Waals surface area contributed by atoms with Crippen LogP contribution in [0.2, 0.25) is 5.02 Å². The first-order chi connectivity index (χ1) is 12.0. The molecule has 0 aromatic heterocycles. The first-order valence-electron chi connectivity index (χ1n) is 7.41. The number of alkyl halides is 3. The maximum Gasteiger partial charge on any atom is 0.573 e. The second kappa shape index (κ2) is 6.15. The van der Waals surface area contributed by atoms with Gasteiger partial charge in [0.05, 0.1) is 19.7 Å². The molecule has 1 aliphatic rings. The normalized spacial score (nSPS) is 18.7. The number of hydroxylamine groups is 1. The van der Waals surface area contributed by atoms with Crippen LogP contribution >= 0.6 is 11.6 Å². The topological polar surface area (TPSA) is 58.6 Å². The SMILES string of the molecule is COC(=O)c1cc(Cl)cc2c1Cc1ccc(OC(F)(F)F)cc1[N+]2(C)[O-]. The Morgan fingerprint density at radius 1 is 1.23 bits per heavy atom. The summed E-state index contributed by atoms with van der Waals surface area (Å²) >= 11 is 6.03. The number of ether oxygens (including phenoxy) is 2. The van der Waals surface area contributed by atoms with E-state index in [4.69, 9.17) is 16.3 Å². The number of esters is 1. The Labute approximate surface area is 151 Å². The number of halogens is 4. The van der Waals surface area contributed by atoms with Crippen LogP contribution < -0.4 is 9.38 Å². The van der Waals surface area contributed by atoms with Gasteiger partial charge in [0.15, 0.2) is 0 Å². The van der Waals surface area contributed by atoms with Crippen molar-refractivity contribution in [1.82, 2.24) is 4.65 Å². The molecule has 0 saturated heterocycles. The third-order valence-corrected chi connectivity index (χ3v) is 4.39. The van der Waals surface area contributed by atoms with E-state index < -0.39 is 22.7 Å². The van der Waals surface area contributed by atoms with E-state index in [0.29, 0.717) is 11.1 Å². The number of quaternary nitrogens is 1. The summed E-state index contributed by atoms with van der Waals surface area (Å²) in [5.41, 5.74) is 1.30. The van der Waals surface area contributed by atoms with Crippen molar-refractivity contribution in [3.05, 3.63) is 57.3 Å². The van der Waals surface area contributed by atoms with Gasteiger partial charge in [0, 0.05) is 34.7 Å². The molecule has 26 heavy (non-hydrogen) atoms. The van der Waals surface area contributed by atoms with Crippen molar-refractivity contribution in [2.24, 2.45) is 0 Å². The molecule has 1 unspecified atom stereocenters. The lowest BCUT2D eigenvalue weighted by atomic mass is 9.91. The summed E-state index contributed by atoms with van der Waals surface area (Å²) in [5.74, 6) is -1.14. The van der Waals surface area contributed by atoms with Gasteiger partial charge in [-0.2, -0.15) is 0 Å². The first-order valence-corrected chi connectivity index (χ1v) is 7.79. The largest absolute Gasteiger partial charge is 0.622 e. The number of methoxy groups -OCH3 is 1. The smallest absolute Gasteiger partial charge is 0.573 e. The number of fused-ring (bicyclic) bond motifs is 2. The quantitative estimate of drug-likeness (QED) is 0.426. The lowest BCUT2D eigenvalue weighted by Gasteiger charge is -2.43. The Bertz CT molecular complexity index is 896. The van der Waals surface area contributed by atoms with Gasteiger partial charge >= 0.3 is 12.3 Å². The third kappa shape index (κ3) is 3.23. The first kappa shape index (κ1) is 18.5. The van der Waals surface area contributed by atoms with Gasteiger partial charge in [-0.05, 0) is 18.2 Å². The summed E-state index contributed by atoms with van der Waals surface area (Å²) in [6.45, 7) is 0. The van der Waals surface area contributed by atoms with Crippen molar-refractivity contribution in [3.63, 3.8) is 0 Å². The van der Waals surface area contributed by atoms with E-state index in [1.165, 1.54) is 32.4 Å². The zero-order valence-corrected chi connectivity index (χ0v) is 14.4. The maximum absolute atomic E-state index is 13.3. The van der Waals surface area contributed by atoms with Gasteiger partial charge in [-0.15, -0.1) is 13.2 Å². The molecule has 0 bridgehead atoms. The Hall–Kier alpha value is -2.29. The number of nitrogens with zero attached hydrogens (tertiary/aromatic N) is 1. The van der Waals surface area contributed by atoms with Crippen molar-refractivity contribution in [2.75, 3.05) is 14.2 Å². The van der Waals surface area contributed by atoms with Gasteiger partial charge in [0.1, 0.15) is 17.1 Å². The predicted octanol–water partition coefficient (Wildman–Crippen LogP) is 4.70. The molecule has 0 fully saturated rings. The summed E-state index contributed by atoms with van der Waals surface area (Å²) in [5, 5.41) is 13.4. The molecule has 1 heterocycles. The molecule has 0 amide bonds. The van der Waals surface area contributed by atoms with E-state index in [9.17, 15) is 23.2 Å². The molecule has 0 N–H and O–H groups in total. The molecule has 2 aromatic rings. The summed E-state index contributed by atoms with van der Waals surface area (Å²) in [6, 6.07) is 6.36. The number of hydrogen-bond donors (Lipinski definition) is 0. The average molecular weight is 388 g/mol. The zero-order valence-electron chi connectivity index (χ0n) is 13.7. The second-order valence-electron chi connectivity index (χ2n) is 5.88. The molecule has 1 atom stereocenters. The number of carbonyl (C=O) groups is 1. The van der Waals surface area contributed by atoms with Gasteiger partial charge in [-0.1, -0.05) is 11.6 Å². The van der Waals surface area contributed by atoms with Crippen LogP contribution in [0.4, 0.5) is 24.5 Å². The Morgan fingerprint density at radius 2 is 1.92 bits per heavy atom. The van der Waals surface area contributed by atoms with Crippen molar-refractivity contribution in [1.29, 1.82) is 0 Å². The highest BCUT2D eigenvalue weighted by molar-refractivity contribution is 6.31. The van der Waals surface area contributed by atoms with E-state index in [1.807, 2.05) is 0 Å². The average Bonchev–Trinajstić information content (AvgIpc) is 2.54. The van der Waals surface area contributed by atoms with Crippen LogP contribution in [0.3, 0.4) is 0 Å². The molecule has 2 aromatic carbocycles. The fourth-order valence-electron chi connectivity index (χ4n) is 3.09. The predicted molar refractivity (Wildman–Crippen MR) is 89.5 cm³/mol. The standard InChI is InChI=1S/C17H13ClF3NO4/c1-22(24)14-8-11(26-17(19,20)21)4-3-9(14)5-12-13(16(23)25-2)6-10(18)7-15(12)22/h3-4,6-8H,5H2,1-2H3. The maximum atomic E-state index is 13.3. The van der Waals surface area contributed by atoms with E-state index in [1.54, 1.807) is 0 Å². The molecular formula is C17H13ClF3NO4. The van der Waals surface area contributed by atoms with Crippen molar-refractivity contribution in [3.8, 4) is 5.75 Å². The molecule has 0 aliphatic carbocycles. The fraction of sp³-hybridized carbons (Fsp3) is 0.235. The lowest BCUT2D eigenvalue weighted by Crippen LogP contribution is -2.37. The molecule has 0 radical (unpaired) electrons. The molecule has 0 spiro atoms. The second-order valence-corrected chi connectivity index (χ2v) is 6.32. The van der Waals surface area contributed by atoms with Crippen molar-refractivity contribution in [2.45, 2.75) is 12.8 Å². The summed E-state index contributed by atoms with van der Waals surface area (Å²) in [6.07, 6.45) is -4.69. The number of carbonyl (C=O) groups excluding carboxylic acids is 1. The zero-order chi connectivity index (χ0) is 19.3. The molecule has 138 valence electrons. The Morgan fingerprint density at radius 3 is 2.54 bits per heavy atom. The van der Waals surface area contributed by atoms with Crippen LogP contribution in [0.25, 0.3) is 0 Å². The highest BCUT2D eigenvalue weighted by Crippen LogP contribution is 2.47. The van der Waals surface area contributed by atoms with Gasteiger partial charge in [-0.25, -0.2) is 4.79 Å². The van der Waals surface area contributed by atoms with E-state index >= 15 is 0 Å². The van der Waals surface area contributed by atoms with Gasteiger partial charge in [0.2, 0.25) is 0 Å². The van der Waals surface area contributed by atoms with Crippen LogP contribution in [0.5, 0.6) is 5.75 Å². The number of hydrogen-bond acceptors (Lipinski definition) is 4. The minimum absolute atomic E-state index is 0.0809. The Kier molecular flexibility index (Phi) is 4.38. The van der Waals surface area contributed by atoms with E-state index in [0.717, 1.165) is 12.1 Å². The van der Waals surface area contributed by atoms with Crippen molar-refractivity contribution < 1.29 is 27.4 Å². The number of rotatable bonds is 2. The lowest BCUT2D eigenvalue weighted by molar-refractivity contribution is -0.274. The fourth-order valence-corrected chi connectivity index (χ4v) is 3.30. The molecular weight excluding hydrogens is 375 g/mol. The summed E-state index contributed by atoms with van der Waals surface area (Å²) < 4.78 is 44.9. The molecule has 0 saturated carbocycles. The molecule has 5 nitrogen and oxygen atoms in total. The molecule has 3 rings (SSSR count). The minimum Gasteiger partial charge on any atom is -0.622 e. The Balaban J connectivity index is 2.16.